The molecule has 1 fully saturated rings. The van der Waals surface area contributed by atoms with Crippen molar-refractivity contribution < 1.29 is 38.5 Å². The van der Waals surface area contributed by atoms with Crippen molar-refractivity contribution in [1.82, 2.24) is 4.90 Å². The van der Waals surface area contributed by atoms with E-state index in [1.54, 1.807) is 6.07 Å². The molecule has 0 bridgehead atoms. The van der Waals surface area contributed by atoms with E-state index in [2.05, 4.69) is 49.9 Å². The van der Waals surface area contributed by atoms with Gasteiger partial charge < -0.3 is 29.0 Å². The lowest BCUT2D eigenvalue weighted by molar-refractivity contribution is -0.159. The molecule has 9 heteroatoms. The van der Waals surface area contributed by atoms with Crippen molar-refractivity contribution in [3.05, 3.63) is 64.9 Å². The predicted octanol–water partition coefficient (Wildman–Crippen LogP) is 7.61. The number of hydrogen-bond donors (Lipinski definition) is 2. The quantitative estimate of drug-likeness (QED) is 0.104. The number of carboxylic acids is 2. The number of carbonyl (C=O) groups excluding carboxylic acids is 1. The first-order chi connectivity index (χ1) is 22.0. The molecular formula is C37H51NO8. The van der Waals surface area contributed by atoms with Gasteiger partial charge in [0.25, 0.3) is 0 Å². The standard InChI is InChI=1S/C35H49NO4.C2H2O4/c1-6-9-11-33-31(32-22-29(14-17-34(32)40-33)35(37)39-25(4)5)21-28-12-15-30(16-13-28)38-19-10-18-36-23-26(7-2)20-27(8-3)24-36;3-1(4)2(5)6/h12-17,22,25-27H,6-11,18-21,23-24H2,1-5H3;(H,3,4)(H,5,6). The first-order valence-corrected chi connectivity index (χ1v) is 16.7. The van der Waals surface area contributed by atoms with Crippen LogP contribution in [0.25, 0.3) is 11.0 Å². The van der Waals surface area contributed by atoms with Crippen LogP contribution in [0.1, 0.15) is 100 Å². The molecule has 9 nitrogen and oxygen atoms in total. The molecule has 4 rings (SSSR count). The molecule has 252 valence electrons. The molecule has 2 atom stereocenters. The van der Waals surface area contributed by atoms with E-state index in [4.69, 9.17) is 33.7 Å². The van der Waals surface area contributed by atoms with Crippen LogP contribution in [0.4, 0.5) is 0 Å². The second-order valence-corrected chi connectivity index (χ2v) is 12.4. The van der Waals surface area contributed by atoms with Gasteiger partial charge >= 0.3 is 17.9 Å². The monoisotopic (exact) mass is 637 g/mol. The minimum atomic E-state index is -1.82. The van der Waals surface area contributed by atoms with Crippen molar-refractivity contribution in [3.8, 4) is 5.75 Å². The second-order valence-electron chi connectivity index (χ2n) is 12.4. The Morgan fingerprint density at radius 3 is 2.15 bits per heavy atom. The van der Waals surface area contributed by atoms with Crippen LogP contribution in [-0.4, -0.2) is 65.4 Å². The van der Waals surface area contributed by atoms with Crippen LogP contribution >= 0.6 is 0 Å². The average Bonchev–Trinajstić information content (AvgIpc) is 3.38. The molecular weight excluding hydrogens is 586 g/mol. The third-order valence-electron chi connectivity index (χ3n) is 8.44. The zero-order valence-electron chi connectivity index (χ0n) is 28.0. The van der Waals surface area contributed by atoms with Gasteiger partial charge in [-0.1, -0.05) is 52.2 Å². The van der Waals surface area contributed by atoms with Gasteiger partial charge in [-0.25, -0.2) is 14.4 Å². The molecule has 2 unspecified atom stereocenters. The van der Waals surface area contributed by atoms with E-state index in [1.807, 2.05) is 26.0 Å². The Balaban J connectivity index is 0.000000875. The lowest BCUT2D eigenvalue weighted by Gasteiger charge is -2.37. The fourth-order valence-corrected chi connectivity index (χ4v) is 5.93. The van der Waals surface area contributed by atoms with Crippen molar-refractivity contribution in [3.63, 3.8) is 0 Å². The molecule has 2 heterocycles. The third-order valence-corrected chi connectivity index (χ3v) is 8.44. The SMILES string of the molecule is CCCCc1oc2ccc(C(=O)OC(C)C)cc2c1Cc1ccc(OCCCN2CC(CC)CC(CC)C2)cc1.O=C(O)C(=O)O. The summed E-state index contributed by atoms with van der Waals surface area (Å²) in [5.74, 6) is -0.312. The number of benzene rings is 2. The summed E-state index contributed by atoms with van der Waals surface area (Å²) in [6.07, 6.45) is 8.68. The number of esters is 1. The maximum absolute atomic E-state index is 12.6. The number of hydrogen-bond acceptors (Lipinski definition) is 7. The number of carbonyl (C=O) groups is 3. The molecule has 1 aromatic heterocycles. The zero-order valence-corrected chi connectivity index (χ0v) is 28.0. The smallest absolute Gasteiger partial charge is 0.414 e. The summed E-state index contributed by atoms with van der Waals surface area (Å²) in [5, 5.41) is 15.8. The number of ether oxygens (including phenoxy) is 2. The minimum absolute atomic E-state index is 0.153. The van der Waals surface area contributed by atoms with Gasteiger partial charge in [0, 0.05) is 43.4 Å². The lowest BCUT2D eigenvalue weighted by atomic mass is 9.86. The third kappa shape index (κ3) is 11.2. The molecule has 0 saturated carbocycles. The molecule has 0 amide bonds. The number of aryl methyl sites for hydroxylation is 1. The zero-order chi connectivity index (χ0) is 33.6. The Hall–Kier alpha value is -3.85. The molecule has 46 heavy (non-hydrogen) atoms. The molecule has 0 spiro atoms. The van der Waals surface area contributed by atoms with Gasteiger partial charge in [-0.2, -0.15) is 0 Å². The van der Waals surface area contributed by atoms with Gasteiger partial charge in [0.15, 0.2) is 0 Å². The van der Waals surface area contributed by atoms with Crippen molar-refractivity contribution in [2.45, 2.75) is 92.1 Å². The molecule has 1 saturated heterocycles. The predicted molar refractivity (Wildman–Crippen MR) is 179 cm³/mol. The first-order valence-electron chi connectivity index (χ1n) is 16.7. The number of unbranched alkanes of at least 4 members (excludes halogenated alkanes) is 1. The Bertz CT molecular complexity index is 1390. The molecule has 2 N–H and O–H groups in total. The highest BCUT2D eigenvalue weighted by Crippen LogP contribution is 2.31. The summed E-state index contributed by atoms with van der Waals surface area (Å²) in [6.45, 7) is 14.9. The van der Waals surface area contributed by atoms with Crippen LogP contribution in [0.5, 0.6) is 5.75 Å². The Morgan fingerprint density at radius 1 is 0.935 bits per heavy atom. The van der Waals surface area contributed by atoms with E-state index < -0.39 is 11.9 Å². The Morgan fingerprint density at radius 2 is 1.59 bits per heavy atom. The minimum Gasteiger partial charge on any atom is -0.494 e. The fourth-order valence-electron chi connectivity index (χ4n) is 5.93. The van der Waals surface area contributed by atoms with E-state index in [9.17, 15) is 4.79 Å². The van der Waals surface area contributed by atoms with Crippen LogP contribution in [0.3, 0.4) is 0 Å². The highest BCUT2D eigenvalue weighted by Gasteiger charge is 2.24. The van der Waals surface area contributed by atoms with Gasteiger partial charge in [-0.3, -0.25) is 0 Å². The normalized spacial score (nSPS) is 16.6. The summed E-state index contributed by atoms with van der Waals surface area (Å²) >= 11 is 0. The van der Waals surface area contributed by atoms with E-state index in [0.29, 0.717) is 5.56 Å². The van der Waals surface area contributed by atoms with Crippen LogP contribution in [-0.2, 0) is 27.2 Å². The van der Waals surface area contributed by atoms with E-state index in [-0.39, 0.29) is 12.1 Å². The summed E-state index contributed by atoms with van der Waals surface area (Å²) in [5.41, 5.74) is 3.75. The van der Waals surface area contributed by atoms with E-state index in [1.165, 1.54) is 37.9 Å². The van der Waals surface area contributed by atoms with E-state index >= 15 is 0 Å². The Labute approximate surface area is 272 Å². The van der Waals surface area contributed by atoms with E-state index in [0.717, 1.165) is 85.1 Å². The molecule has 0 aliphatic carbocycles. The molecule has 1 aliphatic rings. The summed E-state index contributed by atoms with van der Waals surface area (Å²) < 4.78 is 17.8. The van der Waals surface area contributed by atoms with Crippen molar-refractivity contribution >= 4 is 28.9 Å². The molecule has 2 aromatic carbocycles. The van der Waals surface area contributed by atoms with Gasteiger partial charge in [-0.05, 0) is 80.8 Å². The first kappa shape index (κ1) is 36.6. The van der Waals surface area contributed by atoms with Crippen LogP contribution in [0, 0.1) is 11.8 Å². The van der Waals surface area contributed by atoms with Gasteiger partial charge in [0.2, 0.25) is 0 Å². The molecule has 3 aromatic rings. The highest BCUT2D eigenvalue weighted by atomic mass is 16.5. The number of likely N-dealkylation sites (tertiary alicyclic amines) is 1. The average molecular weight is 638 g/mol. The van der Waals surface area contributed by atoms with Crippen molar-refractivity contribution in [1.29, 1.82) is 0 Å². The number of aliphatic carboxylic acids is 2. The lowest BCUT2D eigenvalue weighted by Crippen LogP contribution is -2.41. The van der Waals surface area contributed by atoms with Crippen LogP contribution < -0.4 is 4.74 Å². The summed E-state index contributed by atoms with van der Waals surface area (Å²) in [6, 6.07) is 14.1. The number of piperidine rings is 1. The molecule has 0 radical (unpaired) electrons. The number of fused-ring (bicyclic) bond motifs is 1. The van der Waals surface area contributed by atoms with Crippen molar-refractivity contribution in [2.24, 2.45) is 11.8 Å². The topological polar surface area (TPSA) is 127 Å². The van der Waals surface area contributed by atoms with Gasteiger partial charge in [0.05, 0.1) is 18.3 Å². The van der Waals surface area contributed by atoms with Crippen LogP contribution in [0.2, 0.25) is 0 Å². The number of nitrogens with zero attached hydrogens (tertiary/aromatic N) is 1. The second kappa shape index (κ2) is 18.3. The maximum Gasteiger partial charge on any atom is 0.414 e. The van der Waals surface area contributed by atoms with Crippen molar-refractivity contribution in [2.75, 3.05) is 26.2 Å². The number of rotatable bonds is 14. The number of furan rings is 1. The highest BCUT2D eigenvalue weighted by molar-refractivity contribution is 6.27. The van der Waals surface area contributed by atoms with Crippen LogP contribution in [0.15, 0.2) is 46.9 Å². The summed E-state index contributed by atoms with van der Waals surface area (Å²) in [7, 11) is 0. The fraction of sp³-hybridized carbons (Fsp3) is 0.541. The largest absolute Gasteiger partial charge is 0.494 e. The Kier molecular flexibility index (Phi) is 14.6. The maximum atomic E-state index is 12.6. The summed E-state index contributed by atoms with van der Waals surface area (Å²) in [4.78, 5) is 33.4. The van der Waals surface area contributed by atoms with Gasteiger partial charge in [-0.15, -0.1) is 0 Å². The molecule has 1 aliphatic heterocycles. The van der Waals surface area contributed by atoms with Gasteiger partial charge in [0.1, 0.15) is 17.1 Å². The number of carboxylic acid groups (broad SMARTS) is 2.